The van der Waals surface area contributed by atoms with E-state index in [4.69, 9.17) is 18.5 Å². The molecule has 0 atom stereocenters. The molecular weight excluding hydrogens is 423 g/mol. The summed E-state index contributed by atoms with van der Waals surface area (Å²) in [6, 6.07) is 33.6. The van der Waals surface area contributed by atoms with Gasteiger partial charge in [-0.05, 0) is 59.7 Å². The molecule has 0 fully saturated rings. The maximum absolute atomic E-state index is 12.2. The molecule has 0 aliphatic heterocycles. The molecule has 162 valence electrons. The predicted octanol–water partition coefficient (Wildman–Crippen LogP) is 5.89. The lowest BCUT2D eigenvalue weighted by Crippen LogP contribution is -2.07. The number of rotatable bonds is 10. The van der Waals surface area contributed by atoms with Crippen LogP contribution in [-0.4, -0.2) is 0 Å². The smallest absolute Gasteiger partial charge is 0.210 e. The van der Waals surface area contributed by atoms with Gasteiger partial charge in [0.25, 0.3) is 0 Å². The summed E-state index contributed by atoms with van der Waals surface area (Å²) in [4.78, 5) is 12.2. The van der Waals surface area contributed by atoms with Crippen LogP contribution in [0, 0.1) is 0 Å². The first-order valence-electron chi connectivity index (χ1n) is 10.1. The van der Waals surface area contributed by atoms with E-state index < -0.39 is 8.60 Å². The van der Waals surface area contributed by atoms with Crippen LogP contribution in [0.3, 0.4) is 0 Å². The molecule has 4 aromatic carbocycles. The van der Waals surface area contributed by atoms with Gasteiger partial charge in [-0.15, -0.1) is 0 Å². The van der Waals surface area contributed by atoms with Crippen LogP contribution in [0.5, 0.6) is 23.0 Å². The Morgan fingerprint density at radius 2 is 0.812 bits per heavy atom. The Balaban J connectivity index is 1.23. The largest absolute Gasteiger partial charge is 0.765 e. The van der Waals surface area contributed by atoms with Crippen LogP contribution in [0.4, 0.5) is 0 Å². The zero-order valence-electron chi connectivity index (χ0n) is 17.3. The Kier molecular flexibility index (Phi) is 7.59. The van der Waals surface area contributed by atoms with Gasteiger partial charge in [0.05, 0.1) is 0 Å². The summed E-state index contributed by atoms with van der Waals surface area (Å²) >= 11 is 0. The van der Waals surface area contributed by atoms with Crippen molar-refractivity contribution in [2.75, 3.05) is 0 Å². The lowest BCUT2D eigenvalue weighted by Gasteiger charge is -2.23. The molecule has 4 aromatic rings. The van der Waals surface area contributed by atoms with Crippen molar-refractivity contribution in [3.05, 3.63) is 120 Å². The van der Waals surface area contributed by atoms with E-state index in [0.29, 0.717) is 36.2 Å². The molecule has 6 heteroatoms. The SMILES string of the molecule is [O-]P(Oc1ccc(OCc2ccccc2)cc1)Oc1ccc(OCc2ccccc2)cc1. The van der Waals surface area contributed by atoms with Gasteiger partial charge in [0.2, 0.25) is 8.60 Å². The minimum atomic E-state index is -2.37. The van der Waals surface area contributed by atoms with E-state index in [0.717, 1.165) is 11.1 Å². The van der Waals surface area contributed by atoms with Crippen LogP contribution in [-0.2, 0) is 13.2 Å². The van der Waals surface area contributed by atoms with Crippen molar-refractivity contribution in [1.29, 1.82) is 0 Å². The summed E-state index contributed by atoms with van der Waals surface area (Å²) in [6.45, 7) is 0.951. The lowest BCUT2D eigenvalue weighted by molar-refractivity contribution is -0.189. The molecular formula is C26H22O5P-. The van der Waals surface area contributed by atoms with Crippen LogP contribution in [0.15, 0.2) is 109 Å². The summed E-state index contributed by atoms with van der Waals surface area (Å²) in [5, 5.41) is 0. The van der Waals surface area contributed by atoms with Crippen LogP contribution >= 0.6 is 8.60 Å². The molecule has 0 N–H and O–H groups in total. The summed E-state index contributed by atoms with van der Waals surface area (Å²) in [5.74, 6) is 2.26. The number of ether oxygens (including phenoxy) is 2. The van der Waals surface area contributed by atoms with Crippen molar-refractivity contribution in [1.82, 2.24) is 0 Å². The summed E-state index contributed by atoms with van der Waals surface area (Å²) in [7, 11) is -2.37. The van der Waals surface area contributed by atoms with Crippen molar-refractivity contribution in [2.24, 2.45) is 0 Å². The highest BCUT2D eigenvalue weighted by Gasteiger charge is 2.04. The third-order valence-corrected chi connectivity index (χ3v) is 5.22. The first-order valence-corrected chi connectivity index (χ1v) is 11.2. The average molecular weight is 445 g/mol. The van der Waals surface area contributed by atoms with Crippen molar-refractivity contribution in [2.45, 2.75) is 13.2 Å². The molecule has 5 nitrogen and oxygen atoms in total. The summed E-state index contributed by atoms with van der Waals surface area (Å²) in [5.41, 5.74) is 2.17. The Bertz CT molecular complexity index is 982. The number of hydrogen-bond donors (Lipinski definition) is 0. The van der Waals surface area contributed by atoms with Gasteiger partial charge in [0, 0.05) is 0 Å². The molecule has 32 heavy (non-hydrogen) atoms. The van der Waals surface area contributed by atoms with Gasteiger partial charge in [-0.1, -0.05) is 60.7 Å². The number of benzene rings is 4. The van der Waals surface area contributed by atoms with E-state index in [1.54, 1.807) is 48.5 Å². The van der Waals surface area contributed by atoms with Gasteiger partial charge in [0.1, 0.15) is 36.2 Å². The molecule has 0 saturated heterocycles. The molecule has 0 unspecified atom stereocenters. The molecule has 0 bridgehead atoms. The summed E-state index contributed by atoms with van der Waals surface area (Å²) in [6.07, 6.45) is 0. The highest BCUT2D eigenvalue weighted by atomic mass is 31.2. The second-order valence-electron chi connectivity index (χ2n) is 6.90. The van der Waals surface area contributed by atoms with Gasteiger partial charge < -0.3 is 23.4 Å². The molecule has 0 spiro atoms. The lowest BCUT2D eigenvalue weighted by atomic mass is 10.2. The third kappa shape index (κ3) is 6.74. The van der Waals surface area contributed by atoms with Crippen LogP contribution < -0.4 is 23.4 Å². The van der Waals surface area contributed by atoms with E-state index in [-0.39, 0.29) is 0 Å². The van der Waals surface area contributed by atoms with Crippen molar-refractivity contribution in [3.8, 4) is 23.0 Å². The van der Waals surface area contributed by atoms with Gasteiger partial charge in [-0.25, -0.2) is 0 Å². The average Bonchev–Trinajstić information content (AvgIpc) is 2.84. The fraction of sp³-hybridized carbons (Fsp3) is 0.0769. The van der Waals surface area contributed by atoms with Gasteiger partial charge in [-0.2, -0.15) is 0 Å². The summed E-state index contributed by atoms with van der Waals surface area (Å²) < 4.78 is 22.2. The minimum absolute atomic E-state index is 0.431. The van der Waals surface area contributed by atoms with E-state index in [1.807, 2.05) is 60.7 Å². The van der Waals surface area contributed by atoms with E-state index in [1.165, 1.54) is 0 Å². The zero-order valence-corrected chi connectivity index (χ0v) is 18.2. The molecule has 0 amide bonds. The van der Waals surface area contributed by atoms with Gasteiger partial charge in [-0.3, -0.25) is 0 Å². The number of hydrogen-bond acceptors (Lipinski definition) is 5. The van der Waals surface area contributed by atoms with Crippen LogP contribution in [0.1, 0.15) is 11.1 Å². The third-order valence-electron chi connectivity index (χ3n) is 4.50. The van der Waals surface area contributed by atoms with Gasteiger partial charge >= 0.3 is 0 Å². The van der Waals surface area contributed by atoms with E-state index in [2.05, 4.69) is 0 Å². The Morgan fingerprint density at radius 1 is 0.469 bits per heavy atom. The molecule has 0 aliphatic carbocycles. The van der Waals surface area contributed by atoms with Crippen LogP contribution in [0.2, 0.25) is 0 Å². The van der Waals surface area contributed by atoms with Gasteiger partial charge in [0.15, 0.2) is 0 Å². The standard InChI is InChI=1S/C26H22O5P/c27-32(30-25-15-11-23(12-16-25)28-19-21-7-3-1-4-8-21)31-26-17-13-24(14-18-26)29-20-22-9-5-2-6-10-22/h1-18H,19-20H2/q-1. The van der Waals surface area contributed by atoms with Crippen molar-refractivity contribution < 1.29 is 23.4 Å². The Labute approximate surface area is 188 Å². The molecule has 0 radical (unpaired) electrons. The van der Waals surface area contributed by atoms with Crippen LogP contribution in [0.25, 0.3) is 0 Å². The van der Waals surface area contributed by atoms with E-state index in [9.17, 15) is 4.89 Å². The molecule has 0 heterocycles. The topological polar surface area (TPSA) is 60.0 Å². The van der Waals surface area contributed by atoms with Crippen molar-refractivity contribution in [3.63, 3.8) is 0 Å². The van der Waals surface area contributed by atoms with E-state index >= 15 is 0 Å². The molecule has 4 rings (SSSR count). The fourth-order valence-electron chi connectivity index (χ4n) is 2.87. The molecule has 0 aromatic heterocycles. The monoisotopic (exact) mass is 445 g/mol. The maximum Gasteiger partial charge on any atom is 0.210 e. The fourth-order valence-corrected chi connectivity index (χ4v) is 3.49. The van der Waals surface area contributed by atoms with Crippen molar-refractivity contribution >= 4 is 8.60 Å². The second kappa shape index (κ2) is 11.2. The second-order valence-corrected chi connectivity index (χ2v) is 7.71. The predicted molar refractivity (Wildman–Crippen MR) is 123 cm³/mol. The molecule has 0 aliphatic rings. The Morgan fingerprint density at radius 3 is 1.19 bits per heavy atom. The maximum atomic E-state index is 12.2. The first kappa shape index (κ1) is 21.7. The highest BCUT2D eigenvalue weighted by Crippen LogP contribution is 2.34. The quantitative estimate of drug-likeness (QED) is 0.285. The molecule has 0 saturated carbocycles. The highest BCUT2D eigenvalue weighted by molar-refractivity contribution is 7.39. The Hall–Kier alpha value is -3.53. The minimum Gasteiger partial charge on any atom is -0.765 e. The zero-order chi connectivity index (χ0) is 22.0. The first-order chi connectivity index (χ1) is 15.7. The normalized spacial score (nSPS) is 10.6.